The number of carbonyl (C=O) groups is 2. The molecule has 0 aliphatic carbocycles. The van der Waals surface area contributed by atoms with Gasteiger partial charge in [0.15, 0.2) is 0 Å². The van der Waals surface area contributed by atoms with Crippen LogP contribution in [-0.2, 0) is 16.1 Å². The molecule has 0 saturated carbocycles. The molecular weight excluding hydrogens is 314 g/mol. The first-order valence-electron chi connectivity index (χ1n) is 7.80. The molecule has 128 valence electrons. The van der Waals surface area contributed by atoms with Crippen LogP contribution < -0.4 is 5.32 Å². The minimum Gasteiger partial charge on any atom is -0.356 e. The zero-order valence-corrected chi connectivity index (χ0v) is 14.9. The summed E-state index contributed by atoms with van der Waals surface area (Å²) >= 11 is 6.12. The lowest BCUT2D eigenvalue weighted by atomic mass is 10.2. The molecule has 1 rings (SSSR count). The highest BCUT2D eigenvalue weighted by atomic mass is 35.5. The first-order chi connectivity index (χ1) is 10.9. The summed E-state index contributed by atoms with van der Waals surface area (Å²) in [6, 6.07) is 7.42. The van der Waals surface area contributed by atoms with E-state index >= 15 is 0 Å². The number of hydrogen-bond acceptors (Lipinski definition) is 3. The Balaban J connectivity index is 2.40. The van der Waals surface area contributed by atoms with E-state index < -0.39 is 0 Å². The van der Waals surface area contributed by atoms with Gasteiger partial charge in [0.05, 0.1) is 0 Å². The molecule has 0 fully saturated rings. The first kappa shape index (κ1) is 19.5. The van der Waals surface area contributed by atoms with Crippen molar-refractivity contribution in [1.82, 2.24) is 15.1 Å². The Labute approximate surface area is 143 Å². The summed E-state index contributed by atoms with van der Waals surface area (Å²) in [5, 5.41) is 3.51. The van der Waals surface area contributed by atoms with Crippen LogP contribution in [0.1, 0.15) is 25.3 Å². The molecule has 0 aromatic heterocycles. The topological polar surface area (TPSA) is 52.7 Å². The van der Waals surface area contributed by atoms with Gasteiger partial charge in [-0.25, -0.2) is 0 Å². The first-order valence-corrected chi connectivity index (χ1v) is 8.18. The van der Waals surface area contributed by atoms with Crippen LogP contribution in [0.5, 0.6) is 0 Å². The molecule has 5 nitrogen and oxygen atoms in total. The quantitative estimate of drug-likeness (QED) is 0.701. The molecule has 0 atom stereocenters. The molecule has 0 aliphatic rings. The minimum atomic E-state index is -0.0645. The summed E-state index contributed by atoms with van der Waals surface area (Å²) in [4.78, 5) is 27.3. The van der Waals surface area contributed by atoms with Crippen LogP contribution in [-0.4, -0.2) is 55.3 Å². The van der Waals surface area contributed by atoms with Crippen molar-refractivity contribution in [3.63, 3.8) is 0 Å². The Morgan fingerprint density at radius 1 is 1.17 bits per heavy atom. The van der Waals surface area contributed by atoms with Crippen molar-refractivity contribution in [3.8, 4) is 0 Å². The van der Waals surface area contributed by atoms with Crippen LogP contribution >= 0.6 is 11.6 Å². The number of amides is 2. The lowest BCUT2D eigenvalue weighted by Crippen LogP contribution is -2.34. The summed E-state index contributed by atoms with van der Waals surface area (Å²) in [5.41, 5.74) is 0.885. The summed E-state index contributed by atoms with van der Waals surface area (Å²) in [5.74, 6) is -0.0977. The Morgan fingerprint density at radius 3 is 2.48 bits per heavy atom. The highest BCUT2D eigenvalue weighted by molar-refractivity contribution is 6.31. The zero-order valence-electron chi connectivity index (χ0n) is 14.1. The van der Waals surface area contributed by atoms with Crippen LogP contribution in [0.25, 0.3) is 0 Å². The Bertz CT molecular complexity index is 520. The molecule has 0 heterocycles. The minimum absolute atomic E-state index is 0.0332. The third-order valence-corrected chi connectivity index (χ3v) is 3.85. The molecule has 0 radical (unpaired) electrons. The number of hydrogen-bond donors (Lipinski definition) is 1. The van der Waals surface area contributed by atoms with E-state index in [1.54, 1.807) is 11.0 Å². The van der Waals surface area contributed by atoms with Crippen molar-refractivity contribution in [1.29, 1.82) is 0 Å². The number of nitrogens with one attached hydrogen (secondary N) is 1. The molecule has 0 bridgehead atoms. The van der Waals surface area contributed by atoms with Gasteiger partial charge >= 0.3 is 0 Å². The number of carbonyl (C=O) groups excluding carboxylic acids is 2. The van der Waals surface area contributed by atoms with E-state index in [9.17, 15) is 9.59 Å². The molecule has 0 aliphatic heterocycles. The Hall–Kier alpha value is -1.59. The second-order valence-corrected chi connectivity index (χ2v) is 6.20. The van der Waals surface area contributed by atoms with Crippen molar-refractivity contribution in [2.75, 3.05) is 33.7 Å². The summed E-state index contributed by atoms with van der Waals surface area (Å²) in [7, 11) is 4.00. The molecule has 1 aromatic rings. The van der Waals surface area contributed by atoms with Crippen molar-refractivity contribution < 1.29 is 9.59 Å². The molecule has 0 unspecified atom stereocenters. The van der Waals surface area contributed by atoms with Gasteiger partial charge in [0.2, 0.25) is 11.8 Å². The lowest BCUT2D eigenvalue weighted by Gasteiger charge is -2.21. The summed E-state index contributed by atoms with van der Waals surface area (Å²) < 4.78 is 0. The number of benzene rings is 1. The smallest absolute Gasteiger partial charge is 0.221 e. The second-order valence-electron chi connectivity index (χ2n) is 5.79. The number of nitrogens with zero attached hydrogens (tertiary/aromatic N) is 2. The van der Waals surface area contributed by atoms with Crippen LogP contribution in [0.3, 0.4) is 0 Å². The van der Waals surface area contributed by atoms with E-state index in [0.717, 1.165) is 18.5 Å². The van der Waals surface area contributed by atoms with E-state index in [1.165, 1.54) is 6.92 Å². The predicted octanol–water partition coefficient (Wildman–Crippen LogP) is 2.15. The van der Waals surface area contributed by atoms with E-state index in [2.05, 4.69) is 10.2 Å². The van der Waals surface area contributed by atoms with Crippen molar-refractivity contribution in [2.45, 2.75) is 26.3 Å². The summed E-state index contributed by atoms with van der Waals surface area (Å²) in [6.45, 7) is 3.91. The van der Waals surface area contributed by atoms with Gasteiger partial charge < -0.3 is 15.1 Å². The van der Waals surface area contributed by atoms with Gasteiger partial charge in [-0.15, -0.1) is 0 Å². The lowest BCUT2D eigenvalue weighted by molar-refractivity contribution is -0.130. The normalized spacial score (nSPS) is 10.7. The van der Waals surface area contributed by atoms with Gasteiger partial charge in [-0.05, 0) is 38.7 Å². The predicted molar refractivity (Wildman–Crippen MR) is 93.3 cm³/mol. The largest absolute Gasteiger partial charge is 0.356 e. The zero-order chi connectivity index (χ0) is 17.2. The van der Waals surface area contributed by atoms with Gasteiger partial charge in [0.1, 0.15) is 0 Å². The van der Waals surface area contributed by atoms with Crippen molar-refractivity contribution >= 4 is 23.4 Å². The van der Waals surface area contributed by atoms with Crippen molar-refractivity contribution in [2.24, 2.45) is 0 Å². The molecule has 2 amide bonds. The standard InChI is InChI=1S/C17H26ClN3O2/c1-14(22)21(13-15-7-4-5-8-16(15)18)12-9-17(23)19-10-6-11-20(2)3/h4-5,7-8H,6,9-13H2,1-3H3,(H,19,23). The van der Waals surface area contributed by atoms with Crippen LogP contribution in [0, 0.1) is 0 Å². The monoisotopic (exact) mass is 339 g/mol. The molecule has 0 spiro atoms. The Kier molecular flexibility index (Phi) is 8.66. The van der Waals surface area contributed by atoms with E-state index in [0.29, 0.717) is 31.1 Å². The average molecular weight is 340 g/mol. The van der Waals surface area contributed by atoms with E-state index in [1.807, 2.05) is 32.3 Å². The highest BCUT2D eigenvalue weighted by Crippen LogP contribution is 2.17. The molecule has 23 heavy (non-hydrogen) atoms. The highest BCUT2D eigenvalue weighted by Gasteiger charge is 2.13. The van der Waals surface area contributed by atoms with Crippen LogP contribution in [0.4, 0.5) is 0 Å². The van der Waals surface area contributed by atoms with E-state index in [4.69, 9.17) is 11.6 Å². The third-order valence-electron chi connectivity index (χ3n) is 3.48. The van der Waals surface area contributed by atoms with Gasteiger partial charge in [0, 0.05) is 38.0 Å². The number of halogens is 1. The molecule has 0 saturated heterocycles. The van der Waals surface area contributed by atoms with Crippen LogP contribution in [0.15, 0.2) is 24.3 Å². The molecule has 1 N–H and O–H groups in total. The maximum absolute atomic E-state index is 11.8. The Morgan fingerprint density at radius 2 is 1.87 bits per heavy atom. The average Bonchev–Trinajstić information content (AvgIpc) is 2.49. The SMILES string of the molecule is CC(=O)N(CCC(=O)NCCCN(C)C)Cc1ccccc1Cl. The van der Waals surface area contributed by atoms with Gasteiger partial charge in [-0.1, -0.05) is 29.8 Å². The maximum atomic E-state index is 11.8. The molecule has 1 aromatic carbocycles. The number of rotatable bonds is 9. The second kappa shape index (κ2) is 10.2. The summed E-state index contributed by atoms with van der Waals surface area (Å²) in [6.07, 6.45) is 1.21. The fourth-order valence-electron chi connectivity index (χ4n) is 2.13. The van der Waals surface area contributed by atoms with Crippen molar-refractivity contribution in [3.05, 3.63) is 34.9 Å². The molecular formula is C17H26ClN3O2. The molecule has 6 heteroatoms. The fourth-order valence-corrected chi connectivity index (χ4v) is 2.32. The van der Waals surface area contributed by atoms with Gasteiger partial charge in [0.25, 0.3) is 0 Å². The van der Waals surface area contributed by atoms with Gasteiger partial charge in [-0.3, -0.25) is 9.59 Å². The fraction of sp³-hybridized carbons (Fsp3) is 0.529. The maximum Gasteiger partial charge on any atom is 0.221 e. The van der Waals surface area contributed by atoms with Gasteiger partial charge in [-0.2, -0.15) is 0 Å². The van der Waals surface area contributed by atoms with E-state index in [-0.39, 0.29) is 11.8 Å². The van der Waals surface area contributed by atoms with Crippen LogP contribution in [0.2, 0.25) is 5.02 Å². The third kappa shape index (κ3) is 8.00.